The summed E-state index contributed by atoms with van der Waals surface area (Å²) >= 11 is 0. The molecule has 2 aromatic heterocycles. The van der Waals surface area contributed by atoms with Crippen LogP contribution >= 0.6 is 12.4 Å². The fourth-order valence-corrected chi connectivity index (χ4v) is 3.59. The lowest BCUT2D eigenvalue weighted by Crippen LogP contribution is -2.25. The maximum absolute atomic E-state index is 4.38. The van der Waals surface area contributed by atoms with Gasteiger partial charge in [-0.15, -0.1) is 12.4 Å². The Labute approximate surface area is 172 Å². The molecule has 0 spiro atoms. The van der Waals surface area contributed by atoms with E-state index in [2.05, 4.69) is 69.9 Å². The quantitative estimate of drug-likeness (QED) is 0.392. The summed E-state index contributed by atoms with van der Waals surface area (Å²) in [6, 6.07) is 17.5. The molecule has 2 N–H and O–H groups in total. The monoisotopic (exact) mass is 394 g/mol. The third kappa shape index (κ3) is 4.89. The van der Waals surface area contributed by atoms with Gasteiger partial charge in [0.15, 0.2) is 0 Å². The predicted molar refractivity (Wildman–Crippen MR) is 119 cm³/mol. The molecule has 0 unspecified atom stereocenters. The summed E-state index contributed by atoms with van der Waals surface area (Å²) < 4.78 is 0. The molecule has 0 aliphatic heterocycles. The number of para-hydroxylation sites is 1. The Morgan fingerprint density at radius 3 is 2.86 bits per heavy atom. The molecule has 0 aliphatic rings. The number of hydrogen-bond acceptors (Lipinski definition) is 3. The van der Waals surface area contributed by atoms with Crippen molar-refractivity contribution in [2.45, 2.75) is 45.2 Å². The lowest BCUT2D eigenvalue weighted by molar-refractivity contribution is 0.488. The van der Waals surface area contributed by atoms with Crippen LogP contribution in [-0.2, 0) is 13.0 Å². The van der Waals surface area contributed by atoms with Crippen molar-refractivity contribution >= 4 is 34.1 Å². The maximum atomic E-state index is 4.38. The number of aryl methyl sites for hydroxylation is 1. The second-order valence-corrected chi connectivity index (χ2v) is 7.30. The Morgan fingerprint density at radius 1 is 1.04 bits per heavy atom. The molecule has 0 fully saturated rings. The van der Waals surface area contributed by atoms with E-state index >= 15 is 0 Å². The number of benzene rings is 2. The van der Waals surface area contributed by atoms with Gasteiger partial charge in [0.25, 0.3) is 0 Å². The van der Waals surface area contributed by atoms with Crippen LogP contribution in [0.25, 0.3) is 21.7 Å². The average Bonchev–Trinajstić information content (AvgIpc) is 3.13. The Hall–Kier alpha value is -2.43. The van der Waals surface area contributed by atoms with Gasteiger partial charge in [0.1, 0.15) is 0 Å². The van der Waals surface area contributed by atoms with Crippen LogP contribution in [0.3, 0.4) is 0 Å². The largest absolute Gasteiger partial charge is 0.310 e. The lowest BCUT2D eigenvalue weighted by atomic mass is 10.1. The molecule has 0 bridgehead atoms. The molecule has 2 aromatic carbocycles. The van der Waals surface area contributed by atoms with Gasteiger partial charge in [-0.3, -0.25) is 10.1 Å². The van der Waals surface area contributed by atoms with Crippen molar-refractivity contribution in [3.8, 4) is 0 Å². The minimum Gasteiger partial charge on any atom is -0.310 e. The highest BCUT2D eigenvalue weighted by Gasteiger charge is 2.06. The summed E-state index contributed by atoms with van der Waals surface area (Å²) in [7, 11) is 0. The fourth-order valence-electron chi connectivity index (χ4n) is 3.59. The first kappa shape index (κ1) is 20.3. The van der Waals surface area contributed by atoms with Gasteiger partial charge in [-0.25, -0.2) is 0 Å². The van der Waals surface area contributed by atoms with Gasteiger partial charge >= 0.3 is 0 Å². The highest BCUT2D eigenvalue weighted by molar-refractivity contribution is 5.85. The highest BCUT2D eigenvalue weighted by atomic mass is 35.5. The van der Waals surface area contributed by atoms with Crippen LogP contribution < -0.4 is 5.32 Å². The molecule has 0 saturated heterocycles. The van der Waals surface area contributed by atoms with Crippen molar-refractivity contribution in [1.82, 2.24) is 20.5 Å². The van der Waals surface area contributed by atoms with Crippen molar-refractivity contribution in [3.05, 3.63) is 72.2 Å². The Kier molecular flexibility index (Phi) is 7.01. The SMILES string of the molecule is C[C@H](CCCCc1[nH]nc2ccccc12)NCc1ccc2cnccc2c1.Cl. The van der Waals surface area contributed by atoms with Crippen LogP contribution in [0.2, 0.25) is 0 Å². The van der Waals surface area contributed by atoms with Gasteiger partial charge in [-0.1, -0.05) is 36.8 Å². The molecule has 146 valence electrons. The third-order valence-electron chi connectivity index (χ3n) is 5.21. The standard InChI is InChI=1S/C23H26N4.ClH/c1-17(25-15-18-10-11-20-16-24-13-12-19(20)14-18)6-2-4-8-22-21-7-3-5-9-23(21)27-26-22;/h3,5,7,9-14,16-17,25H,2,4,6,8,15H2,1H3,(H,26,27);1H/t17-;/m1./s1. The first-order chi connectivity index (χ1) is 13.3. The van der Waals surface area contributed by atoms with E-state index in [0.29, 0.717) is 6.04 Å². The number of hydrogen-bond donors (Lipinski definition) is 2. The number of aromatic amines is 1. The second kappa shape index (κ2) is 9.67. The van der Waals surface area contributed by atoms with Crippen LogP contribution in [0.1, 0.15) is 37.4 Å². The number of halogens is 1. The second-order valence-electron chi connectivity index (χ2n) is 7.30. The number of pyridine rings is 1. The summed E-state index contributed by atoms with van der Waals surface area (Å²) in [6.07, 6.45) is 8.41. The molecule has 0 aliphatic carbocycles. The molecular weight excluding hydrogens is 368 g/mol. The fraction of sp³-hybridized carbons (Fsp3) is 0.304. The zero-order valence-corrected chi connectivity index (χ0v) is 17.0. The van der Waals surface area contributed by atoms with E-state index in [9.17, 15) is 0 Å². The lowest BCUT2D eigenvalue weighted by Gasteiger charge is -2.14. The number of rotatable bonds is 8. The molecule has 28 heavy (non-hydrogen) atoms. The Bertz CT molecular complexity index is 1030. The molecule has 2 heterocycles. The summed E-state index contributed by atoms with van der Waals surface area (Å²) in [4.78, 5) is 4.17. The van der Waals surface area contributed by atoms with Crippen LogP contribution in [0.15, 0.2) is 60.9 Å². The summed E-state index contributed by atoms with van der Waals surface area (Å²) in [5, 5.41) is 14.9. The third-order valence-corrected chi connectivity index (χ3v) is 5.21. The zero-order chi connectivity index (χ0) is 18.5. The maximum Gasteiger partial charge on any atom is 0.0923 e. The van der Waals surface area contributed by atoms with Gasteiger partial charge < -0.3 is 5.32 Å². The molecule has 4 aromatic rings. The zero-order valence-electron chi connectivity index (χ0n) is 16.2. The normalized spacial score (nSPS) is 12.2. The average molecular weight is 395 g/mol. The van der Waals surface area contributed by atoms with Gasteiger partial charge in [0.05, 0.1) is 5.52 Å². The van der Waals surface area contributed by atoms with Crippen molar-refractivity contribution in [2.75, 3.05) is 0 Å². The molecule has 5 heteroatoms. The summed E-state index contributed by atoms with van der Waals surface area (Å²) in [6.45, 7) is 3.18. The number of unbranched alkanes of at least 4 members (excludes halogenated alkanes) is 1. The van der Waals surface area contributed by atoms with E-state index in [1.54, 1.807) is 0 Å². The van der Waals surface area contributed by atoms with E-state index in [1.165, 1.54) is 46.7 Å². The topological polar surface area (TPSA) is 53.6 Å². The summed E-state index contributed by atoms with van der Waals surface area (Å²) in [5.41, 5.74) is 3.65. The molecule has 0 saturated carbocycles. The smallest absolute Gasteiger partial charge is 0.0923 e. The molecule has 1 atom stereocenters. The van der Waals surface area contributed by atoms with Crippen LogP contribution in [0.5, 0.6) is 0 Å². The minimum absolute atomic E-state index is 0. The van der Waals surface area contributed by atoms with Gasteiger partial charge in [-0.05, 0) is 55.3 Å². The van der Waals surface area contributed by atoms with Crippen molar-refractivity contribution in [3.63, 3.8) is 0 Å². The number of nitrogens with one attached hydrogen (secondary N) is 2. The van der Waals surface area contributed by atoms with Crippen LogP contribution in [0, 0.1) is 0 Å². The van der Waals surface area contributed by atoms with E-state index in [1.807, 2.05) is 18.5 Å². The van der Waals surface area contributed by atoms with Crippen LogP contribution in [0.4, 0.5) is 0 Å². The first-order valence-corrected chi connectivity index (χ1v) is 9.77. The van der Waals surface area contributed by atoms with E-state index < -0.39 is 0 Å². The van der Waals surface area contributed by atoms with Crippen molar-refractivity contribution < 1.29 is 0 Å². The number of nitrogens with zero attached hydrogens (tertiary/aromatic N) is 2. The van der Waals surface area contributed by atoms with E-state index in [-0.39, 0.29) is 12.4 Å². The van der Waals surface area contributed by atoms with E-state index in [4.69, 9.17) is 0 Å². The van der Waals surface area contributed by atoms with Crippen molar-refractivity contribution in [1.29, 1.82) is 0 Å². The van der Waals surface area contributed by atoms with Crippen molar-refractivity contribution in [2.24, 2.45) is 0 Å². The highest BCUT2D eigenvalue weighted by Crippen LogP contribution is 2.18. The molecule has 4 nitrogen and oxygen atoms in total. The Morgan fingerprint density at radius 2 is 1.93 bits per heavy atom. The minimum atomic E-state index is 0. The van der Waals surface area contributed by atoms with E-state index in [0.717, 1.165) is 18.5 Å². The first-order valence-electron chi connectivity index (χ1n) is 9.77. The van der Waals surface area contributed by atoms with Crippen LogP contribution in [-0.4, -0.2) is 21.2 Å². The number of H-pyrrole nitrogens is 1. The van der Waals surface area contributed by atoms with Gasteiger partial charge in [0, 0.05) is 41.4 Å². The Balaban J connectivity index is 0.00000225. The summed E-state index contributed by atoms with van der Waals surface area (Å²) in [5.74, 6) is 0. The predicted octanol–water partition coefficient (Wildman–Crippen LogP) is 5.42. The number of aromatic nitrogens is 3. The van der Waals surface area contributed by atoms with Gasteiger partial charge in [0.2, 0.25) is 0 Å². The molecule has 0 radical (unpaired) electrons. The molecule has 4 rings (SSSR count). The van der Waals surface area contributed by atoms with Gasteiger partial charge in [-0.2, -0.15) is 5.10 Å². The number of fused-ring (bicyclic) bond motifs is 2. The molecule has 0 amide bonds. The molecular formula is C23H27ClN4.